The molecule has 0 aromatic rings. The minimum atomic E-state index is 0.335. The number of rotatable bonds is 1. The summed E-state index contributed by atoms with van der Waals surface area (Å²) in [5.41, 5.74) is 5.33. The molecular weight excluding hydrogens is 142 g/mol. The van der Waals surface area contributed by atoms with Crippen molar-refractivity contribution < 1.29 is 0 Å². The van der Waals surface area contributed by atoms with E-state index in [9.17, 15) is 0 Å². The lowest BCUT2D eigenvalue weighted by atomic mass is 9.85. The van der Waals surface area contributed by atoms with E-state index >= 15 is 0 Å². The number of halogens is 1. The first-order chi connectivity index (χ1) is 3.70. The van der Waals surface area contributed by atoms with Crippen molar-refractivity contribution in [3.8, 4) is 0 Å². The summed E-state index contributed by atoms with van der Waals surface area (Å²) in [6, 6.07) is 0. The Hall–Kier alpha value is 0.180. The molecule has 2 N–H and O–H groups in total. The molecule has 1 nitrogen and oxygen atoms in total. The number of thiocarbonyl (C=S) groups is 1. The highest BCUT2D eigenvalue weighted by atomic mass is 35.5. The SMILES string of the molecule is NC(=S)C1CC(Cl)C1. The van der Waals surface area contributed by atoms with Crippen molar-refractivity contribution in [3.63, 3.8) is 0 Å². The normalized spacial score (nSPS) is 36.1. The van der Waals surface area contributed by atoms with Crippen LogP contribution in [0.5, 0.6) is 0 Å². The smallest absolute Gasteiger partial charge is 0.0759 e. The average molecular weight is 150 g/mol. The molecule has 46 valence electrons. The van der Waals surface area contributed by atoms with E-state index in [-0.39, 0.29) is 0 Å². The van der Waals surface area contributed by atoms with Gasteiger partial charge in [-0.2, -0.15) is 0 Å². The molecule has 0 bridgehead atoms. The quantitative estimate of drug-likeness (QED) is 0.449. The van der Waals surface area contributed by atoms with Crippen molar-refractivity contribution in [2.75, 3.05) is 0 Å². The van der Waals surface area contributed by atoms with Crippen molar-refractivity contribution in [1.29, 1.82) is 0 Å². The van der Waals surface area contributed by atoms with Gasteiger partial charge in [0.15, 0.2) is 0 Å². The predicted octanol–water partition coefficient (Wildman–Crippen LogP) is 1.29. The highest BCUT2D eigenvalue weighted by molar-refractivity contribution is 7.80. The van der Waals surface area contributed by atoms with Crippen LogP contribution in [0.3, 0.4) is 0 Å². The molecule has 1 rings (SSSR count). The first kappa shape index (κ1) is 6.30. The molecule has 1 aliphatic carbocycles. The van der Waals surface area contributed by atoms with E-state index in [1.165, 1.54) is 0 Å². The van der Waals surface area contributed by atoms with Gasteiger partial charge in [0.25, 0.3) is 0 Å². The summed E-state index contributed by atoms with van der Waals surface area (Å²) in [7, 11) is 0. The van der Waals surface area contributed by atoms with Crippen LogP contribution in [0.4, 0.5) is 0 Å². The fraction of sp³-hybridized carbons (Fsp3) is 0.800. The van der Waals surface area contributed by atoms with E-state index < -0.39 is 0 Å². The highest BCUT2D eigenvalue weighted by Crippen LogP contribution is 2.31. The highest BCUT2D eigenvalue weighted by Gasteiger charge is 2.28. The van der Waals surface area contributed by atoms with Crippen LogP contribution >= 0.6 is 23.8 Å². The third kappa shape index (κ3) is 1.12. The molecule has 0 heterocycles. The second-order valence-electron chi connectivity index (χ2n) is 2.17. The minimum Gasteiger partial charge on any atom is -0.393 e. The Morgan fingerprint density at radius 1 is 1.62 bits per heavy atom. The number of alkyl halides is 1. The van der Waals surface area contributed by atoms with E-state index in [2.05, 4.69) is 0 Å². The first-order valence-electron chi connectivity index (χ1n) is 2.63. The lowest BCUT2D eigenvalue weighted by Gasteiger charge is -2.29. The largest absolute Gasteiger partial charge is 0.393 e. The van der Waals surface area contributed by atoms with Crippen LogP contribution in [0.15, 0.2) is 0 Å². The van der Waals surface area contributed by atoms with Crippen LogP contribution in [0.2, 0.25) is 0 Å². The second kappa shape index (κ2) is 2.19. The second-order valence-corrected chi connectivity index (χ2v) is 3.26. The van der Waals surface area contributed by atoms with Gasteiger partial charge in [0.1, 0.15) is 0 Å². The third-order valence-electron chi connectivity index (χ3n) is 1.48. The Labute approximate surface area is 59.2 Å². The van der Waals surface area contributed by atoms with Crippen LogP contribution in [0.25, 0.3) is 0 Å². The molecule has 3 heteroatoms. The van der Waals surface area contributed by atoms with Gasteiger partial charge in [0.2, 0.25) is 0 Å². The number of hydrogen-bond donors (Lipinski definition) is 1. The molecule has 0 aromatic carbocycles. The summed E-state index contributed by atoms with van der Waals surface area (Å²) >= 11 is 10.4. The van der Waals surface area contributed by atoms with Crippen molar-refractivity contribution in [2.45, 2.75) is 18.2 Å². The van der Waals surface area contributed by atoms with Gasteiger partial charge < -0.3 is 5.73 Å². The molecule has 0 unspecified atom stereocenters. The average Bonchev–Trinajstić information content (AvgIpc) is 1.57. The minimum absolute atomic E-state index is 0.335. The number of hydrogen-bond acceptors (Lipinski definition) is 1. The zero-order chi connectivity index (χ0) is 6.15. The maximum absolute atomic E-state index is 5.67. The summed E-state index contributed by atoms with van der Waals surface area (Å²) in [4.78, 5) is 0.627. The molecule has 0 atom stereocenters. The molecule has 1 aliphatic rings. The molecular formula is C5H8ClNS. The molecule has 0 amide bonds. The summed E-state index contributed by atoms with van der Waals surface area (Å²) in [6.45, 7) is 0. The fourth-order valence-electron chi connectivity index (χ4n) is 0.781. The molecule has 0 radical (unpaired) electrons. The molecule has 0 saturated heterocycles. The molecule has 0 aliphatic heterocycles. The van der Waals surface area contributed by atoms with E-state index in [4.69, 9.17) is 29.6 Å². The topological polar surface area (TPSA) is 26.0 Å². The van der Waals surface area contributed by atoms with Crippen molar-refractivity contribution in [2.24, 2.45) is 11.7 Å². The van der Waals surface area contributed by atoms with Crippen molar-refractivity contribution in [1.82, 2.24) is 0 Å². The Balaban J connectivity index is 2.25. The first-order valence-corrected chi connectivity index (χ1v) is 3.48. The van der Waals surface area contributed by atoms with Crippen LogP contribution in [0.1, 0.15) is 12.8 Å². The maximum atomic E-state index is 5.67. The Morgan fingerprint density at radius 3 is 2.25 bits per heavy atom. The van der Waals surface area contributed by atoms with Gasteiger partial charge in [-0.3, -0.25) is 0 Å². The third-order valence-corrected chi connectivity index (χ3v) is 2.17. The van der Waals surface area contributed by atoms with Gasteiger partial charge in [-0.25, -0.2) is 0 Å². The zero-order valence-corrected chi connectivity index (χ0v) is 6.00. The van der Waals surface area contributed by atoms with Crippen LogP contribution < -0.4 is 5.73 Å². The van der Waals surface area contributed by atoms with E-state index in [0.29, 0.717) is 16.3 Å². The van der Waals surface area contributed by atoms with Gasteiger partial charge in [-0.1, -0.05) is 12.2 Å². The van der Waals surface area contributed by atoms with Crippen molar-refractivity contribution in [3.05, 3.63) is 0 Å². The molecule has 0 spiro atoms. The van der Waals surface area contributed by atoms with E-state index in [0.717, 1.165) is 12.8 Å². The zero-order valence-electron chi connectivity index (χ0n) is 4.43. The summed E-state index contributed by atoms with van der Waals surface area (Å²) < 4.78 is 0. The van der Waals surface area contributed by atoms with Crippen LogP contribution in [-0.2, 0) is 0 Å². The molecule has 8 heavy (non-hydrogen) atoms. The summed E-state index contributed by atoms with van der Waals surface area (Å²) in [5.74, 6) is 0.437. The Morgan fingerprint density at radius 2 is 2.12 bits per heavy atom. The summed E-state index contributed by atoms with van der Waals surface area (Å²) in [6.07, 6.45) is 1.97. The lowest BCUT2D eigenvalue weighted by molar-refractivity contribution is 0.425. The Bertz CT molecular complexity index is 109. The van der Waals surface area contributed by atoms with Gasteiger partial charge in [-0.05, 0) is 12.8 Å². The summed E-state index contributed by atoms with van der Waals surface area (Å²) in [5, 5.41) is 0.335. The van der Waals surface area contributed by atoms with E-state index in [1.807, 2.05) is 0 Å². The lowest BCUT2D eigenvalue weighted by Crippen LogP contribution is -2.34. The van der Waals surface area contributed by atoms with Gasteiger partial charge >= 0.3 is 0 Å². The molecule has 1 fully saturated rings. The van der Waals surface area contributed by atoms with Gasteiger partial charge in [0, 0.05) is 11.3 Å². The van der Waals surface area contributed by atoms with Gasteiger partial charge in [-0.15, -0.1) is 11.6 Å². The Kier molecular flexibility index (Phi) is 1.73. The molecule has 1 saturated carbocycles. The monoisotopic (exact) mass is 149 g/mol. The molecule has 0 aromatic heterocycles. The number of nitrogens with two attached hydrogens (primary N) is 1. The fourth-order valence-corrected chi connectivity index (χ4v) is 1.40. The van der Waals surface area contributed by atoms with Crippen molar-refractivity contribution >= 4 is 28.8 Å². The van der Waals surface area contributed by atoms with Crippen LogP contribution in [0, 0.1) is 5.92 Å². The van der Waals surface area contributed by atoms with E-state index in [1.54, 1.807) is 0 Å². The maximum Gasteiger partial charge on any atom is 0.0759 e. The van der Waals surface area contributed by atoms with Gasteiger partial charge in [0.05, 0.1) is 4.99 Å². The standard InChI is InChI=1S/C5H8ClNS/c6-4-1-3(2-4)5(7)8/h3-4H,1-2H2,(H2,7,8). The van der Waals surface area contributed by atoms with Crippen LogP contribution in [-0.4, -0.2) is 10.4 Å². The predicted molar refractivity (Wildman–Crippen MR) is 39.2 cm³/mol.